The Morgan fingerprint density at radius 1 is 1.00 bits per heavy atom. The van der Waals surface area contributed by atoms with Gasteiger partial charge in [-0.2, -0.15) is 0 Å². The Bertz CT molecular complexity index is 1520. The SMILES string of the molecule is [2H]C([2H])(c1ccnc(-c2cccc3c2oc2cc4nc(C(C)(C)C)sc4cc23)c1)C(C)(C)C. The number of rotatable bonds is 2. The molecular formula is C27H28N2OS. The maximum Gasteiger partial charge on any atom is 0.144 e. The number of pyridine rings is 1. The lowest BCUT2D eigenvalue weighted by molar-refractivity contribution is 0.411. The quantitative estimate of drug-likeness (QED) is 0.284. The summed E-state index contributed by atoms with van der Waals surface area (Å²) in [5, 5.41) is 3.20. The lowest BCUT2D eigenvalue weighted by Gasteiger charge is -2.18. The largest absolute Gasteiger partial charge is 0.455 e. The lowest BCUT2D eigenvalue weighted by atomic mass is 9.88. The molecule has 5 rings (SSSR count). The summed E-state index contributed by atoms with van der Waals surface area (Å²) in [5.41, 5.74) is 4.18. The van der Waals surface area contributed by atoms with E-state index in [1.807, 2.05) is 45.0 Å². The number of nitrogens with zero attached hydrogens (tertiary/aromatic N) is 2. The van der Waals surface area contributed by atoms with Crippen molar-refractivity contribution in [3.63, 3.8) is 0 Å². The molecule has 0 fully saturated rings. The van der Waals surface area contributed by atoms with Gasteiger partial charge in [0.25, 0.3) is 0 Å². The third-order valence-corrected chi connectivity index (χ3v) is 6.65. The predicted molar refractivity (Wildman–Crippen MR) is 132 cm³/mol. The van der Waals surface area contributed by atoms with Crippen molar-refractivity contribution in [3.8, 4) is 11.3 Å². The van der Waals surface area contributed by atoms with Crippen LogP contribution in [-0.4, -0.2) is 9.97 Å². The van der Waals surface area contributed by atoms with Crippen LogP contribution in [0.4, 0.5) is 0 Å². The molecule has 4 heteroatoms. The Morgan fingerprint density at radius 3 is 2.55 bits per heavy atom. The maximum absolute atomic E-state index is 8.66. The van der Waals surface area contributed by atoms with Gasteiger partial charge < -0.3 is 4.42 Å². The fraction of sp³-hybridized carbons (Fsp3) is 0.333. The Morgan fingerprint density at radius 2 is 1.81 bits per heavy atom. The summed E-state index contributed by atoms with van der Waals surface area (Å²) in [6.07, 6.45) is 0.191. The van der Waals surface area contributed by atoms with Gasteiger partial charge in [0, 0.05) is 36.8 Å². The molecule has 0 aliphatic carbocycles. The van der Waals surface area contributed by atoms with Crippen molar-refractivity contribution in [2.45, 2.75) is 53.3 Å². The average Bonchev–Trinajstić information content (AvgIpc) is 3.31. The summed E-state index contributed by atoms with van der Waals surface area (Å²) >= 11 is 1.73. The normalized spacial score (nSPS) is 14.4. The summed E-state index contributed by atoms with van der Waals surface area (Å²) in [6.45, 7) is 12.3. The molecule has 0 amide bonds. The molecule has 0 N–H and O–H groups in total. The summed E-state index contributed by atoms with van der Waals surface area (Å²) in [4.78, 5) is 9.42. The third-order valence-electron chi connectivity index (χ3n) is 5.20. The van der Waals surface area contributed by atoms with Crippen molar-refractivity contribution in [1.82, 2.24) is 9.97 Å². The molecule has 3 heterocycles. The molecule has 0 atom stereocenters. The monoisotopic (exact) mass is 430 g/mol. The highest BCUT2D eigenvalue weighted by Gasteiger charge is 2.21. The van der Waals surface area contributed by atoms with Crippen LogP contribution in [0.2, 0.25) is 0 Å². The van der Waals surface area contributed by atoms with Crippen LogP contribution in [-0.2, 0) is 11.8 Å². The summed E-state index contributed by atoms with van der Waals surface area (Å²) in [7, 11) is 0. The molecule has 0 bridgehead atoms. The first-order valence-electron chi connectivity index (χ1n) is 11.6. The molecule has 0 unspecified atom stereocenters. The lowest BCUT2D eigenvalue weighted by Crippen LogP contribution is -2.09. The number of benzene rings is 2. The number of para-hydroxylation sites is 1. The number of furan rings is 1. The van der Waals surface area contributed by atoms with E-state index in [1.165, 1.54) is 0 Å². The molecule has 0 radical (unpaired) electrons. The molecule has 0 spiro atoms. The van der Waals surface area contributed by atoms with Crippen LogP contribution >= 0.6 is 11.3 Å². The Balaban J connectivity index is 1.69. The molecule has 5 aromatic rings. The van der Waals surface area contributed by atoms with Gasteiger partial charge in [-0.3, -0.25) is 4.98 Å². The first kappa shape index (κ1) is 17.9. The molecule has 3 aromatic heterocycles. The van der Waals surface area contributed by atoms with E-state index in [0.717, 1.165) is 42.7 Å². The first-order valence-corrected chi connectivity index (χ1v) is 11.4. The highest BCUT2D eigenvalue weighted by molar-refractivity contribution is 7.18. The second kappa shape index (κ2) is 6.89. The minimum atomic E-state index is -1.49. The Kier molecular flexibility index (Phi) is 3.98. The fourth-order valence-electron chi connectivity index (χ4n) is 3.83. The summed E-state index contributed by atoms with van der Waals surface area (Å²) in [6, 6.07) is 13.9. The zero-order chi connectivity index (χ0) is 23.8. The number of thiazole rings is 1. The predicted octanol–water partition coefficient (Wildman–Crippen LogP) is 8.14. The zero-order valence-electron chi connectivity index (χ0n) is 20.8. The van der Waals surface area contributed by atoms with E-state index in [2.05, 4.69) is 37.9 Å². The van der Waals surface area contributed by atoms with E-state index in [4.69, 9.17) is 12.1 Å². The van der Waals surface area contributed by atoms with E-state index in [9.17, 15) is 0 Å². The molecule has 0 saturated heterocycles. The molecule has 3 nitrogen and oxygen atoms in total. The Labute approximate surface area is 190 Å². The topological polar surface area (TPSA) is 38.9 Å². The van der Waals surface area contributed by atoms with E-state index in [1.54, 1.807) is 23.6 Å². The van der Waals surface area contributed by atoms with Crippen LogP contribution in [0.15, 0.2) is 53.1 Å². The van der Waals surface area contributed by atoms with Gasteiger partial charge in [-0.15, -0.1) is 11.3 Å². The summed E-state index contributed by atoms with van der Waals surface area (Å²) in [5.74, 6) is 0. The molecule has 0 saturated carbocycles. The van der Waals surface area contributed by atoms with Gasteiger partial charge >= 0.3 is 0 Å². The van der Waals surface area contributed by atoms with Crippen molar-refractivity contribution in [3.05, 3.63) is 59.2 Å². The van der Waals surface area contributed by atoms with Gasteiger partial charge in [0.1, 0.15) is 11.2 Å². The molecular weight excluding hydrogens is 400 g/mol. The van der Waals surface area contributed by atoms with Crippen molar-refractivity contribution >= 4 is 43.5 Å². The van der Waals surface area contributed by atoms with Crippen LogP contribution in [0.3, 0.4) is 0 Å². The minimum absolute atomic E-state index is 0.00866. The Hall–Kier alpha value is -2.72. The van der Waals surface area contributed by atoms with Crippen molar-refractivity contribution in [2.75, 3.05) is 0 Å². The van der Waals surface area contributed by atoms with Gasteiger partial charge in [0.2, 0.25) is 0 Å². The average molecular weight is 431 g/mol. The zero-order valence-corrected chi connectivity index (χ0v) is 19.6. The highest BCUT2D eigenvalue weighted by Crippen LogP contribution is 2.39. The van der Waals surface area contributed by atoms with E-state index in [-0.39, 0.29) is 5.41 Å². The smallest absolute Gasteiger partial charge is 0.144 e. The number of aromatic nitrogens is 2. The fourth-order valence-corrected chi connectivity index (χ4v) is 4.87. The minimum Gasteiger partial charge on any atom is -0.455 e. The molecule has 2 aromatic carbocycles. The summed E-state index contributed by atoms with van der Waals surface area (Å²) < 4.78 is 24.8. The standard InChI is InChI=1S/C27H28N2OS/c1-26(2,3)15-16-10-11-28-20(12-16)18-9-7-8-17-19-13-23-21(14-22(19)30-24(17)18)29-25(31-23)27(4,5)6/h7-14H,15H2,1-6H3/i15D2. The first-order chi connectivity index (χ1) is 15.4. The molecule has 0 aliphatic rings. The number of hydrogen-bond acceptors (Lipinski definition) is 4. The van der Waals surface area contributed by atoms with Gasteiger partial charge in [0.05, 0.1) is 20.9 Å². The highest BCUT2D eigenvalue weighted by atomic mass is 32.1. The van der Waals surface area contributed by atoms with Gasteiger partial charge in [-0.25, -0.2) is 4.98 Å². The number of hydrogen-bond donors (Lipinski definition) is 0. The molecule has 0 aliphatic heterocycles. The van der Waals surface area contributed by atoms with E-state index in [0.29, 0.717) is 11.3 Å². The van der Waals surface area contributed by atoms with Crippen molar-refractivity contribution in [2.24, 2.45) is 5.41 Å². The second-order valence-corrected chi connectivity index (χ2v) is 11.2. The van der Waals surface area contributed by atoms with Crippen LogP contribution < -0.4 is 0 Å². The van der Waals surface area contributed by atoms with Crippen LogP contribution in [0.1, 0.15) is 54.9 Å². The second-order valence-electron chi connectivity index (χ2n) is 10.2. The van der Waals surface area contributed by atoms with Crippen LogP contribution in [0.25, 0.3) is 43.4 Å². The van der Waals surface area contributed by atoms with Crippen molar-refractivity contribution < 1.29 is 7.16 Å². The maximum atomic E-state index is 8.66. The van der Waals surface area contributed by atoms with Crippen LogP contribution in [0.5, 0.6) is 0 Å². The van der Waals surface area contributed by atoms with Crippen molar-refractivity contribution in [1.29, 1.82) is 0 Å². The van der Waals surface area contributed by atoms with E-state index >= 15 is 0 Å². The van der Waals surface area contributed by atoms with Crippen LogP contribution in [0, 0.1) is 5.41 Å². The van der Waals surface area contributed by atoms with Gasteiger partial charge in [-0.05, 0) is 41.6 Å². The molecule has 158 valence electrons. The third kappa shape index (κ3) is 3.74. The van der Waals surface area contributed by atoms with Gasteiger partial charge in [0.15, 0.2) is 0 Å². The molecule has 31 heavy (non-hydrogen) atoms. The van der Waals surface area contributed by atoms with Gasteiger partial charge in [-0.1, -0.05) is 53.7 Å². The number of fused-ring (bicyclic) bond motifs is 4. The van der Waals surface area contributed by atoms with E-state index < -0.39 is 11.8 Å².